The van der Waals surface area contributed by atoms with Crippen LogP contribution in [0.4, 0.5) is 0 Å². The number of carbonyl (C=O) groups is 1. The van der Waals surface area contributed by atoms with E-state index in [1.807, 2.05) is 6.92 Å². The SMILES string of the molecule is CC1=CC2C(=C(C)CCC2C(C)C)CC1=O. The minimum absolute atomic E-state index is 0.329. The van der Waals surface area contributed by atoms with E-state index in [1.165, 1.54) is 24.0 Å². The molecule has 0 saturated carbocycles. The Kier molecular flexibility index (Phi) is 3.05. The first kappa shape index (κ1) is 11.6. The molecule has 0 aromatic rings. The molecule has 2 atom stereocenters. The molecular weight excluding hydrogens is 196 g/mol. The zero-order valence-corrected chi connectivity index (χ0v) is 10.8. The van der Waals surface area contributed by atoms with E-state index in [9.17, 15) is 4.79 Å². The monoisotopic (exact) mass is 218 g/mol. The molecule has 0 aromatic carbocycles. The van der Waals surface area contributed by atoms with Gasteiger partial charge in [0.1, 0.15) is 0 Å². The average Bonchev–Trinajstić information content (AvgIpc) is 2.21. The van der Waals surface area contributed by atoms with E-state index in [1.54, 1.807) is 0 Å². The summed E-state index contributed by atoms with van der Waals surface area (Å²) in [6.07, 6.45) is 5.39. The fourth-order valence-electron chi connectivity index (χ4n) is 3.18. The van der Waals surface area contributed by atoms with Crippen molar-refractivity contribution >= 4 is 5.78 Å². The van der Waals surface area contributed by atoms with Gasteiger partial charge < -0.3 is 0 Å². The quantitative estimate of drug-likeness (QED) is 0.610. The van der Waals surface area contributed by atoms with E-state index >= 15 is 0 Å². The average molecular weight is 218 g/mol. The van der Waals surface area contributed by atoms with E-state index in [2.05, 4.69) is 26.8 Å². The van der Waals surface area contributed by atoms with Gasteiger partial charge in [0.05, 0.1) is 0 Å². The Morgan fingerprint density at radius 1 is 1.31 bits per heavy atom. The number of rotatable bonds is 1. The second-order valence-electron chi connectivity index (χ2n) is 5.73. The number of Topliss-reactive ketones (excluding diaryl/α,β-unsaturated/α-hetero) is 1. The van der Waals surface area contributed by atoms with Gasteiger partial charge in [0.25, 0.3) is 0 Å². The molecule has 2 aliphatic rings. The Morgan fingerprint density at radius 2 is 2.00 bits per heavy atom. The minimum atomic E-state index is 0.329. The lowest BCUT2D eigenvalue weighted by atomic mass is 9.66. The molecule has 0 aromatic heterocycles. The van der Waals surface area contributed by atoms with Crippen LogP contribution in [0.15, 0.2) is 22.8 Å². The van der Waals surface area contributed by atoms with Crippen LogP contribution >= 0.6 is 0 Å². The van der Waals surface area contributed by atoms with Crippen LogP contribution in [-0.2, 0) is 4.79 Å². The Morgan fingerprint density at radius 3 is 2.62 bits per heavy atom. The summed E-state index contributed by atoms with van der Waals surface area (Å²) in [6, 6.07) is 0. The zero-order valence-electron chi connectivity index (χ0n) is 10.8. The topological polar surface area (TPSA) is 17.1 Å². The number of fused-ring (bicyclic) bond motifs is 1. The van der Waals surface area contributed by atoms with Crippen molar-refractivity contribution in [1.29, 1.82) is 0 Å². The number of hydrogen-bond donors (Lipinski definition) is 0. The zero-order chi connectivity index (χ0) is 11.9. The van der Waals surface area contributed by atoms with Gasteiger partial charge in [-0.05, 0) is 44.1 Å². The second kappa shape index (κ2) is 4.20. The van der Waals surface area contributed by atoms with Gasteiger partial charge in [-0.25, -0.2) is 0 Å². The largest absolute Gasteiger partial charge is 0.294 e. The molecule has 2 rings (SSSR count). The van der Waals surface area contributed by atoms with Gasteiger partial charge in [-0.2, -0.15) is 0 Å². The Labute approximate surface area is 98.6 Å². The van der Waals surface area contributed by atoms with E-state index in [0.717, 1.165) is 11.5 Å². The Bertz CT molecular complexity index is 371. The third-order valence-electron chi connectivity index (χ3n) is 4.34. The molecule has 0 fully saturated rings. The number of hydrogen-bond acceptors (Lipinski definition) is 1. The van der Waals surface area contributed by atoms with Crippen LogP contribution in [0.1, 0.15) is 47.0 Å². The van der Waals surface area contributed by atoms with Crippen molar-refractivity contribution in [3.63, 3.8) is 0 Å². The Hall–Kier alpha value is -0.850. The molecule has 88 valence electrons. The number of ketones is 1. The highest BCUT2D eigenvalue weighted by Gasteiger charge is 2.34. The van der Waals surface area contributed by atoms with E-state index in [4.69, 9.17) is 0 Å². The lowest BCUT2D eigenvalue weighted by Crippen LogP contribution is -2.29. The summed E-state index contributed by atoms with van der Waals surface area (Å²) in [5.41, 5.74) is 3.88. The van der Waals surface area contributed by atoms with Gasteiger partial charge in [-0.15, -0.1) is 0 Å². The molecule has 16 heavy (non-hydrogen) atoms. The van der Waals surface area contributed by atoms with Crippen molar-refractivity contribution < 1.29 is 4.79 Å². The molecule has 0 radical (unpaired) electrons. The lowest BCUT2D eigenvalue weighted by Gasteiger charge is -2.38. The van der Waals surface area contributed by atoms with Crippen LogP contribution < -0.4 is 0 Å². The molecule has 0 N–H and O–H groups in total. The maximum Gasteiger partial charge on any atom is 0.162 e. The van der Waals surface area contributed by atoms with E-state index in [0.29, 0.717) is 24.0 Å². The van der Waals surface area contributed by atoms with Gasteiger partial charge in [-0.1, -0.05) is 31.1 Å². The summed E-state index contributed by atoms with van der Waals surface area (Å²) >= 11 is 0. The molecule has 2 unspecified atom stereocenters. The summed E-state index contributed by atoms with van der Waals surface area (Å²) < 4.78 is 0. The Balaban J connectivity index is 2.40. The molecule has 1 nitrogen and oxygen atoms in total. The van der Waals surface area contributed by atoms with Crippen LogP contribution in [0.25, 0.3) is 0 Å². The first-order valence-electron chi connectivity index (χ1n) is 6.41. The van der Waals surface area contributed by atoms with Gasteiger partial charge in [0, 0.05) is 12.3 Å². The third-order valence-corrected chi connectivity index (χ3v) is 4.34. The van der Waals surface area contributed by atoms with Crippen LogP contribution in [0.2, 0.25) is 0 Å². The fraction of sp³-hybridized carbons (Fsp3) is 0.667. The summed E-state index contributed by atoms with van der Waals surface area (Å²) in [6.45, 7) is 8.80. The second-order valence-corrected chi connectivity index (χ2v) is 5.73. The summed E-state index contributed by atoms with van der Waals surface area (Å²) in [4.78, 5) is 11.8. The predicted molar refractivity (Wildman–Crippen MR) is 67.1 cm³/mol. The molecular formula is C15H22O. The first-order chi connectivity index (χ1) is 7.50. The highest BCUT2D eigenvalue weighted by atomic mass is 16.1. The van der Waals surface area contributed by atoms with Crippen LogP contribution in [0, 0.1) is 17.8 Å². The third kappa shape index (κ3) is 1.88. The molecule has 0 aliphatic heterocycles. The van der Waals surface area contributed by atoms with Crippen molar-refractivity contribution in [2.75, 3.05) is 0 Å². The molecule has 0 saturated heterocycles. The van der Waals surface area contributed by atoms with Gasteiger partial charge in [0.2, 0.25) is 0 Å². The highest BCUT2D eigenvalue weighted by Crippen LogP contribution is 2.43. The van der Waals surface area contributed by atoms with Crippen LogP contribution in [0.3, 0.4) is 0 Å². The lowest BCUT2D eigenvalue weighted by molar-refractivity contribution is -0.115. The van der Waals surface area contributed by atoms with Crippen molar-refractivity contribution in [2.24, 2.45) is 17.8 Å². The van der Waals surface area contributed by atoms with Crippen LogP contribution in [0.5, 0.6) is 0 Å². The van der Waals surface area contributed by atoms with E-state index in [-0.39, 0.29) is 0 Å². The van der Waals surface area contributed by atoms with E-state index < -0.39 is 0 Å². The summed E-state index contributed by atoms with van der Waals surface area (Å²) in [5.74, 6) is 2.33. The van der Waals surface area contributed by atoms with Gasteiger partial charge in [0.15, 0.2) is 5.78 Å². The molecule has 0 heterocycles. The molecule has 1 heteroatoms. The maximum atomic E-state index is 11.8. The summed E-state index contributed by atoms with van der Waals surface area (Å²) in [5, 5.41) is 0. The minimum Gasteiger partial charge on any atom is -0.294 e. The van der Waals surface area contributed by atoms with Crippen molar-refractivity contribution in [3.8, 4) is 0 Å². The predicted octanol–water partition coefficient (Wildman–Crippen LogP) is 3.90. The summed E-state index contributed by atoms with van der Waals surface area (Å²) in [7, 11) is 0. The maximum absolute atomic E-state index is 11.8. The molecule has 0 bridgehead atoms. The van der Waals surface area contributed by atoms with Crippen LogP contribution in [-0.4, -0.2) is 5.78 Å². The van der Waals surface area contributed by atoms with Crippen molar-refractivity contribution in [2.45, 2.75) is 47.0 Å². The van der Waals surface area contributed by atoms with Gasteiger partial charge in [-0.3, -0.25) is 4.79 Å². The molecule has 0 spiro atoms. The highest BCUT2D eigenvalue weighted by molar-refractivity contribution is 5.97. The normalized spacial score (nSPS) is 30.6. The fourth-order valence-corrected chi connectivity index (χ4v) is 3.18. The van der Waals surface area contributed by atoms with Crippen molar-refractivity contribution in [1.82, 2.24) is 0 Å². The molecule has 0 amide bonds. The van der Waals surface area contributed by atoms with Gasteiger partial charge >= 0.3 is 0 Å². The first-order valence-corrected chi connectivity index (χ1v) is 6.41. The molecule has 2 aliphatic carbocycles. The smallest absolute Gasteiger partial charge is 0.162 e. The number of allylic oxidation sites excluding steroid dienone is 4. The number of carbonyl (C=O) groups excluding carboxylic acids is 1. The standard InChI is InChI=1S/C15H22O/c1-9(2)12-6-5-10(3)13-8-15(16)11(4)7-14(12)13/h7,9,12,14H,5-6,8H2,1-4H3. The van der Waals surface area contributed by atoms with Crippen molar-refractivity contribution in [3.05, 3.63) is 22.8 Å².